The molecule has 0 atom stereocenters. The number of carbonyl (C=O) groups excluding carboxylic acids is 2. The molecule has 1 saturated heterocycles. The fraction of sp³-hybridized carbons (Fsp3) is 0.467. The van der Waals surface area contributed by atoms with Crippen molar-refractivity contribution >= 4 is 33.7 Å². The predicted octanol–water partition coefficient (Wildman–Crippen LogP) is 2.68. The minimum atomic E-state index is -3.60. The smallest absolute Gasteiger partial charge is 0.243 e. The Bertz CT molecular complexity index is 666. The molecule has 0 unspecified atom stereocenters. The molecular weight excluding hydrogens is 326 g/mol. The Labute approximate surface area is 135 Å². The first-order chi connectivity index (χ1) is 10.5. The molecule has 0 saturated carbocycles. The Morgan fingerprint density at radius 2 is 1.91 bits per heavy atom. The van der Waals surface area contributed by atoms with Crippen molar-refractivity contribution in [2.24, 2.45) is 0 Å². The molecule has 1 aliphatic rings. The number of halogens is 1. The lowest BCUT2D eigenvalue weighted by Crippen LogP contribution is -2.35. The quantitative estimate of drug-likeness (QED) is 0.588. The van der Waals surface area contributed by atoms with Crippen LogP contribution in [0.3, 0.4) is 0 Å². The van der Waals surface area contributed by atoms with Crippen LogP contribution in [0.25, 0.3) is 0 Å². The number of nitrogens with zero attached hydrogens (tertiary/aromatic N) is 1. The van der Waals surface area contributed by atoms with Crippen LogP contribution in [0, 0.1) is 0 Å². The van der Waals surface area contributed by atoms with E-state index in [4.69, 9.17) is 11.6 Å². The second-order valence-corrected chi connectivity index (χ2v) is 7.58. The Kier molecular flexibility index (Phi) is 5.72. The summed E-state index contributed by atoms with van der Waals surface area (Å²) >= 11 is 5.99. The Morgan fingerprint density at radius 1 is 1.23 bits per heavy atom. The first kappa shape index (κ1) is 17.1. The fourth-order valence-electron chi connectivity index (χ4n) is 2.46. The number of sulfonamides is 1. The lowest BCUT2D eigenvalue weighted by Gasteiger charge is -2.26. The molecule has 0 bridgehead atoms. The van der Waals surface area contributed by atoms with Gasteiger partial charge in [-0.25, -0.2) is 8.42 Å². The highest BCUT2D eigenvalue weighted by molar-refractivity contribution is 7.89. The molecule has 120 valence electrons. The number of aldehydes is 1. The van der Waals surface area contributed by atoms with Crippen molar-refractivity contribution in [3.05, 3.63) is 28.8 Å². The first-order valence-corrected chi connectivity index (χ1v) is 9.05. The molecule has 7 heteroatoms. The third-order valence-corrected chi connectivity index (χ3v) is 5.90. The van der Waals surface area contributed by atoms with Gasteiger partial charge in [-0.1, -0.05) is 18.0 Å². The molecule has 0 spiro atoms. The van der Waals surface area contributed by atoms with Gasteiger partial charge in [0.15, 0.2) is 5.78 Å². The largest absolute Gasteiger partial charge is 0.303 e. The van der Waals surface area contributed by atoms with Crippen LogP contribution in [0.15, 0.2) is 23.1 Å². The van der Waals surface area contributed by atoms with E-state index in [1.54, 1.807) is 0 Å². The normalized spacial score (nSPS) is 16.4. The van der Waals surface area contributed by atoms with Crippen LogP contribution < -0.4 is 0 Å². The summed E-state index contributed by atoms with van der Waals surface area (Å²) in [6.45, 7) is 0.999. The summed E-state index contributed by atoms with van der Waals surface area (Å²) in [6.07, 6.45) is 3.49. The van der Waals surface area contributed by atoms with Crippen LogP contribution in [-0.2, 0) is 14.8 Å². The third-order valence-electron chi connectivity index (χ3n) is 3.68. The van der Waals surface area contributed by atoms with Gasteiger partial charge >= 0.3 is 0 Å². The van der Waals surface area contributed by atoms with Gasteiger partial charge in [0.2, 0.25) is 10.0 Å². The molecule has 1 fully saturated rings. The van der Waals surface area contributed by atoms with Crippen LogP contribution >= 0.6 is 11.6 Å². The fourth-order valence-corrected chi connectivity index (χ4v) is 4.22. The number of benzene rings is 1. The number of rotatable bonds is 6. The van der Waals surface area contributed by atoms with Crippen molar-refractivity contribution in [2.75, 3.05) is 13.1 Å². The molecular formula is C15H18ClNO4S. The summed E-state index contributed by atoms with van der Waals surface area (Å²) in [5.74, 6) is -0.326. The van der Waals surface area contributed by atoms with E-state index in [1.165, 1.54) is 22.5 Å². The maximum Gasteiger partial charge on any atom is 0.243 e. The molecule has 0 amide bonds. The second-order valence-electron chi connectivity index (χ2n) is 5.23. The van der Waals surface area contributed by atoms with E-state index < -0.39 is 10.0 Å². The van der Waals surface area contributed by atoms with Crippen molar-refractivity contribution in [2.45, 2.75) is 37.0 Å². The predicted molar refractivity (Wildman–Crippen MR) is 83.7 cm³/mol. The number of ketones is 1. The Hall–Kier alpha value is -1.24. The number of hydrogen-bond acceptors (Lipinski definition) is 4. The second kappa shape index (κ2) is 7.35. The highest BCUT2D eigenvalue weighted by atomic mass is 35.5. The highest BCUT2D eigenvalue weighted by Crippen LogP contribution is 2.26. The van der Waals surface area contributed by atoms with E-state index in [9.17, 15) is 18.0 Å². The van der Waals surface area contributed by atoms with Crippen molar-refractivity contribution in [1.82, 2.24) is 4.31 Å². The zero-order valence-electron chi connectivity index (χ0n) is 12.1. The molecule has 2 rings (SSSR count). The maximum atomic E-state index is 12.6. The van der Waals surface area contributed by atoms with Crippen molar-refractivity contribution < 1.29 is 18.0 Å². The zero-order valence-corrected chi connectivity index (χ0v) is 13.7. The van der Waals surface area contributed by atoms with Gasteiger partial charge in [-0.3, -0.25) is 4.79 Å². The van der Waals surface area contributed by atoms with E-state index >= 15 is 0 Å². The van der Waals surface area contributed by atoms with E-state index in [0.717, 1.165) is 19.3 Å². The summed E-state index contributed by atoms with van der Waals surface area (Å²) in [7, 11) is -3.60. The summed E-state index contributed by atoms with van der Waals surface area (Å²) in [4.78, 5) is 22.5. The highest BCUT2D eigenvalue weighted by Gasteiger charge is 2.27. The summed E-state index contributed by atoms with van der Waals surface area (Å²) < 4.78 is 26.6. The van der Waals surface area contributed by atoms with Gasteiger partial charge in [-0.05, 0) is 31.0 Å². The van der Waals surface area contributed by atoms with Gasteiger partial charge in [-0.15, -0.1) is 0 Å². The van der Waals surface area contributed by atoms with Gasteiger partial charge in [0.25, 0.3) is 0 Å². The van der Waals surface area contributed by atoms with Crippen molar-refractivity contribution in [1.29, 1.82) is 0 Å². The molecule has 0 aliphatic carbocycles. The van der Waals surface area contributed by atoms with E-state index in [2.05, 4.69) is 0 Å². The molecule has 22 heavy (non-hydrogen) atoms. The van der Waals surface area contributed by atoms with Crippen molar-refractivity contribution in [3.8, 4) is 0 Å². The van der Waals surface area contributed by atoms with Gasteiger partial charge in [0.05, 0.1) is 9.92 Å². The van der Waals surface area contributed by atoms with Gasteiger partial charge < -0.3 is 4.79 Å². The number of carbonyl (C=O) groups is 2. The van der Waals surface area contributed by atoms with Crippen LogP contribution in [0.2, 0.25) is 5.02 Å². The molecule has 5 nitrogen and oxygen atoms in total. The van der Waals surface area contributed by atoms with Crippen LogP contribution in [0.5, 0.6) is 0 Å². The SMILES string of the molecule is O=CCCC(=O)c1cc(S(=O)(=O)N2CCCCC2)ccc1Cl. The molecule has 1 aromatic carbocycles. The van der Waals surface area contributed by atoms with E-state index in [-0.39, 0.29) is 34.1 Å². The number of hydrogen-bond donors (Lipinski definition) is 0. The topological polar surface area (TPSA) is 71.5 Å². The Morgan fingerprint density at radius 3 is 2.55 bits per heavy atom. The number of Topliss-reactive ketones (excluding diaryl/α,β-unsaturated/α-hetero) is 1. The standard InChI is InChI=1S/C15H18ClNO4S/c16-14-7-6-12(11-13(14)15(19)5-4-10-18)22(20,21)17-8-2-1-3-9-17/h6-7,10-11H,1-5,8-9H2. The minimum absolute atomic E-state index is 0.0242. The average Bonchev–Trinajstić information content (AvgIpc) is 2.53. The lowest BCUT2D eigenvalue weighted by atomic mass is 10.1. The van der Waals surface area contributed by atoms with Gasteiger partial charge in [-0.2, -0.15) is 4.31 Å². The summed E-state index contributed by atoms with van der Waals surface area (Å²) in [5.41, 5.74) is 0.154. The lowest BCUT2D eigenvalue weighted by molar-refractivity contribution is -0.107. The van der Waals surface area contributed by atoms with Crippen LogP contribution in [0.4, 0.5) is 0 Å². The molecule has 1 aromatic rings. The molecule has 1 aliphatic heterocycles. The average molecular weight is 344 g/mol. The van der Waals surface area contributed by atoms with E-state index in [0.29, 0.717) is 19.4 Å². The molecule has 0 N–H and O–H groups in total. The maximum absolute atomic E-state index is 12.6. The monoisotopic (exact) mass is 343 g/mol. The number of piperidine rings is 1. The van der Waals surface area contributed by atoms with Gasteiger partial charge in [0, 0.05) is 31.5 Å². The third kappa shape index (κ3) is 3.74. The van der Waals surface area contributed by atoms with Crippen molar-refractivity contribution in [3.63, 3.8) is 0 Å². The van der Waals surface area contributed by atoms with Gasteiger partial charge in [0.1, 0.15) is 6.29 Å². The summed E-state index contributed by atoms with van der Waals surface area (Å²) in [6, 6.07) is 4.16. The summed E-state index contributed by atoms with van der Waals surface area (Å²) in [5, 5.41) is 0.202. The zero-order chi connectivity index (χ0) is 16.2. The Balaban J connectivity index is 2.31. The van der Waals surface area contributed by atoms with E-state index in [1.807, 2.05) is 0 Å². The molecule has 0 radical (unpaired) electrons. The molecule has 0 aromatic heterocycles. The van der Waals surface area contributed by atoms with Crippen LogP contribution in [-0.4, -0.2) is 37.9 Å². The van der Waals surface area contributed by atoms with Crippen LogP contribution in [0.1, 0.15) is 42.5 Å². The molecule has 1 heterocycles. The first-order valence-electron chi connectivity index (χ1n) is 7.23. The minimum Gasteiger partial charge on any atom is -0.303 e.